The van der Waals surface area contributed by atoms with Crippen LogP contribution in [0.3, 0.4) is 0 Å². The van der Waals surface area contributed by atoms with Gasteiger partial charge in [-0.1, -0.05) is 11.6 Å². The van der Waals surface area contributed by atoms with Gasteiger partial charge >= 0.3 is 18.8 Å². The van der Waals surface area contributed by atoms with E-state index in [9.17, 15) is 36.9 Å². The Bertz CT molecular complexity index is 887. The molecule has 0 spiro atoms. The maximum atomic E-state index is 12.6. The lowest BCUT2D eigenvalue weighted by molar-refractivity contribution is -0.385. The molecule has 0 N–H and O–H groups in total. The minimum atomic E-state index is -4.64. The van der Waals surface area contributed by atoms with Gasteiger partial charge in [-0.05, 0) is 24.3 Å². The van der Waals surface area contributed by atoms with E-state index in [0.29, 0.717) is 12.1 Å². The molecule has 0 bridgehead atoms. The number of alkyl halides is 5. The minimum Gasteiger partial charge on any atom is -0.456 e. The van der Waals surface area contributed by atoms with E-state index >= 15 is 0 Å². The smallest absolute Gasteiger partial charge is 0.416 e. The zero-order valence-corrected chi connectivity index (χ0v) is 13.6. The maximum Gasteiger partial charge on any atom is 0.416 e. The van der Waals surface area contributed by atoms with Crippen LogP contribution in [0.1, 0.15) is 15.9 Å². The van der Waals surface area contributed by atoms with Crippen LogP contribution in [0.15, 0.2) is 36.4 Å². The van der Waals surface area contributed by atoms with Gasteiger partial charge in [-0.3, -0.25) is 10.1 Å². The van der Waals surface area contributed by atoms with Crippen molar-refractivity contribution in [2.24, 2.45) is 0 Å². The number of nitro benzene ring substituents is 1. The summed E-state index contributed by atoms with van der Waals surface area (Å²) in [5, 5.41) is 10.5. The number of rotatable bonds is 5. The van der Waals surface area contributed by atoms with Crippen molar-refractivity contribution in [3.05, 3.63) is 62.7 Å². The van der Waals surface area contributed by atoms with Gasteiger partial charge in [-0.15, -0.1) is 0 Å². The van der Waals surface area contributed by atoms with Crippen molar-refractivity contribution in [2.45, 2.75) is 12.8 Å². The number of halogens is 6. The van der Waals surface area contributed by atoms with Crippen LogP contribution in [-0.2, 0) is 10.9 Å². The fourth-order valence-electron chi connectivity index (χ4n) is 1.93. The molecule has 0 saturated carbocycles. The summed E-state index contributed by atoms with van der Waals surface area (Å²) in [6.45, 7) is -3.51. The summed E-state index contributed by atoms with van der Waals surface area (Å²) in [5.41, 5.74) is -2.70. The van der Waals surface area contributed by atoms with Gasteiger partial charge in [0.15, 0.2) is 0 Å². The van der Waals surface area contributed by atoms with Crippen molar-refractivity contribution >= 4 is 23.3 Å². The van der Waals surface area contributed by atoms with E-state index < -0.39 is 45.5 Å². The second-order valence-electron chi connectivity index (χ2n) is 4.85. The lowest BCUT2D eigenvalue weighted by Crippen LogP contribution is -2.12. The van der Waals surface area contributed by atoms with Crippen molar-refractivity contribution in [3.63, 3.8) is 0 Å². The summed E-state index contributed by atoms with van der Waals surface area (Å²) >= 11 is 5.71. The van der Waals surface area contributed by atoms with Crippen molar-refractivity contribution < 1.29 is 41.1 Å². The number of hydrogen-bond acceptors (Lipinski definition) is 5. The van der Waals surface area contributed by atoms with E-state index in [-0.39, 0.29) is 11.5 Å². The number of carbonyl (C=O) groups is 1. The number of carbonyl (C=O) groups excluding carboxylic acids is 1. The molecular formula is C15H7ClF5NO5. The molecule has 27 heavy (non-hydrogen) atoms. The molecule has 0 fully saturated rings. The molecule has 0 heterocycles. The first-order valence-corrected chi connectivity index (χ1v) is 7.19. The molecule has 0 radical (unpaired) electrons. The van der Waals surface area contributed by atoms with Crippen LogP contribution in [0, 0.1) is 10.1 Å². The van der Waals surface area contributed by atoms with Gasteiger partial charge in [0.1, 0.15) is 17.1 Å². The highest BCUT2D eigenvalue weighted by Gasteiger charge is 2.31. The Labute approximate surface area is 152 Å². The standard InChI is InChI=1S/C15H7ClF5NO5/c16-10-5-7(15(19,20)21)1-4-12(10)26-8-2-3-11(22(24)25)9(6-8)13(23)27-14(17)18/h1-6,14H. The monoisotopic (exact) mass is 411 g/mol. The number of esters is 1. The molecule has 2 rings (SSSR count). The summed E-state index contributed by atoms with van der Waals surface area (Å²) in [6, 6.07) is 4.69. The molecule has 0 atom stereocenters. The van der Waals surface area contributed by atoms with E-state index in [0.717, 1.165) is 24.3 Å². The Kier molecular flexibility index (Phi) is 5.84. The highest BCUT2D eigenvalue weighted by molar-refractivity contribution is 6.32. The van der Waals surface area contributed by atoms with Gasteiger partial charge in [0, 0.05) is 12.1 Å². The second kappa shape index (κ2) is 7.74. The summed E-state index contributed by atoms with van der Waals surface area (Å²) in [6.07, 6.45) is -4.64. The average molecular weight is 412 g/mol. The summed E-state index contributed by atoms with van der Waals surface area (Å²) in [5.74, 6) is -2.21. The van der Waals surface area contributed by atoms with Gasteiger partial charge in [0.25, 0.3) is 5.69 Å². The topological polar surface area (TPSA) is 78.7 Å². The van der Waals surface area contributed by atoms with Crippen LogP contribution in [-0.4, -0.2) is 17.5 Å². The summed E-state index contributed by atoms with van der Waals surface area (Å²) < 4.78 is 71.0. The molecule has 2 aromatic rings. The van der Waals surface area contributed by atoms with E-state index in [2.05, 4.69) is 4.74 Å². The first-order valence-electron chi connectivity index (χ1n) is 6.81. The lowest BCUT2D eigenvalue weighted by Gasteiger charge is -2.12. The second-order valence-corrected chi connectivity index (χ2v) is 5.25. The van der Waals surface area contributed by atoms with Gasteiger partial charge in [-0.2, -0.15) is 22.0 Å². The number of nitro groups is 1. The Morgan fingerprint density at radius 2 is 1.81 bits per heavy atom. The van der Waals surface area contributed by atoms with Gasteiger partial charge in [-0.25, -0.2) is 4.79 Å². The summed E-state index contributed by atoms with van der Waals surface area (Å²) in [7, 11) is 0. The van der Waals surface area contributed by atoms with Gasteiger partial charge in [0.05, 0.1) is 15.5 Å². The third-order valence-electron chi connectivity index (χ3n) is 3.07. The molecule has 0 saturated heterocycles. The fourth-order valence-corrected chi connectivity index (χ4v) is 2.15. The maximum absolute atomic E-state index is 12.6. The Hall–Kier alpha value is -2.95. The number of nitrogens with zero attached hydrogens (tertiary/aromatic N) is 1. The molecule has 0 amide bonds. The normalized spacial score (nSPS) is 11.4. The third kappa shape index (κ3) is 5.03. The molecule has 0 aromatic heterocycles. The molecule has 0 aliphatic carbocycles. The first kappa shape index (κ1) is 20.4. The molecular weight excluding hydrogens is 405 g/mol. The predicted octanol–water partition coefficient (Wildman–Crippen LogP) is 5.44. The Morgan fingerprint density at radius 1 is 1.15 bits per heavy atom. The van der Waals surface area contributed by atoms with Crippen LogP contribution < -0.4 is 4.74 Å². The van der Waals surface area contributed by atoms with Crippen LogP contribution >= 0.6 is 11.6 Å². The molecule has 0 aliphatic heterocycles. The van der Waals surface area contributed by atoms with E-state index in [4.69, 9.17) is 16.3 Å². The molecule has 12 heteroatoms. The van der Waals surface area contributed by atoms with E-state index in [1.807, 2.05) is 0 Å². The predicted molar refractivity (Wildman–Crippen MR) is 81.0 cm³/mol. The van der Waals surface area contributed by atoms with Crippen molar-refractivity contribution in [3.8, 4) is 11.5 Å². The highest BCUT2D eigenvalue weighted by atomic mass is 35.5. The zero-order valence-electron chi connectivity index (χ0n) is 12.8. The zero-order chi connectivity index (χ0) is 20.4. The molecule has 2 aromatic carbocycles. The quantitative estimate of drug-likeness (QED) is 0.283. The van der Waals surface area contributed by atoms with Crippen molar-refractivity contribution in [1.82, 2.24) is 0 Å². The first-order chi connectivity index (χ1) is 12.5. The average Bonchev–Trinajstić information content (AvgIpc) is 2.54. The number of benzene rings is 2. The highest BCUT2D eigenvalue weighted by Crippen LogP contribution is 2.37. The molecule has 144 valence electrons. The molecule has 0 unspecified atom stereocenters. The molecule has 6 nitrogen and oxygen atoms in total. The van der Waals surface area contributed by atoms with Gasteiger partial charge in [0.2, 0.25) is 0 Å². The van der Waals surface area contributed by atoms with Crippen LogP contribution in [0.25, 0.3) is 0 Å². The van der Waals surface area contributed by atoms with E-state index in [1.54, 1.807) is 0 Å². The Morgan fingerprint density at radius 3 is 2.33 bits per heavy atom. The third-order valence-corrected chi connectivity index (χ3v) is 3.36. The largest absolute Gasteiger partial charge is 0.456 e. The van der Waals surface area contributed by atoms with Crippen LogP contribution in [0.5, 0.6) is 11.5 Å². The Balaban J connectivity index is 2.37. The fraction of sp³-hybridized carbons (Fsp3) is 0.133. The van der Waals surface area contributed by atoms with Crippen LogP contribution in [0.4, 0.5) is 27.6 Å². The van der Waals surface area contributed by atoms with E-state index in [1.165, 1.54) is 0 Å². The van der Waals surface area contributed by atoms with Crippen molar-refractivity contribution in [1.29, 1.82) is 0 Å². The van der Waals surface area contributed by atoms with Crippen molar-refractivity contribution in [2.75, 3.05) is 0 Å². The van der Waals surface area contributed by atoms with Crippen LogP contribution in [0.2, 0.25) is 5.02 Å². The minimum absolute atomic E-state index is 0.258. The SMILES string of the molecule is O=C(OC(F)F)c1cc(Oc2ccc(C(F)(F)F)cc2Cl)ccc1[N+](=O)[O-]. The van der Waals surface area contributed by atoms with Gasteiger partial charge < -0.3 is 9.47 Å². The summed E-state index contributed by atoms with van der Waals surface area (Å²) in [4.78, 5) is 21.5. The molecule has 0 aliphatic rings. The lowest BCUT2D eigenvalue weighted by atomic mass is 10.1. The number of ether oxygens (including phenoxy) is 2. The number of hydrogen-bond donors (Lipinski definition) is 0.